The van der Waals surface area contributed by atoms with Crippen LogP contribution >= 0.6 is 0 Å². The van der Waals surface area contributed by atoms with E-state index in [1.165, 1.54) is 0 Å². The van der Waals surface area contributed by atoms with Gasteiger partial charge in [-0.2, -0.15) is 43.5 Å². The van der Waals surface area contributed by atoms with Gasteiger partial charge in [-0.3, -0.25) is 4.55 Å². The number of hydrogen-bond acceptors (Lipinski definition) is 2. The minimum absolute atomic E-state index is 0.535. The van der Waals surface area contributed by atoms with Crippen LogP contribution in [0.4, 0.5) is 39.5 Å². The maximum absolute atomic E-state index is 12.8. The van der Waals surface area contributed by atoms with E-state index in [0.717, 1.165) is 0 Å². The molecule has 0 saturated heterocycles. The fourth-order valence-electron chi connectivity index (χ4n) is 1.01. The van der Waals surface area contributed by atoms with Crippen molar-refractivity contribution in [2.75, 3.05) is 0 Å². The van der Waals surface area contributed by atoms with Gasteiger partial charge in [0, 0.05) is 0 Å². The minimum Gasteiger partial charge on any atom is -0.281 e. The highest BCUT2D eigenvalue weighted by Gasteiger charge is 2.85. The predicted molar refractivity (Wildman–Crippen MR) is 46.5 cm³/mol. The van der Waals surface area contributed by atoms with Crippen LogP contribution in [0.25, 0.3) is 0 Å². The van der Waals surface area contributed by atoms with Gasteiger partial charge in [0.2, 0.25) is 0 Å². The zero-order valence-corrected chi connectivity index (χ0v) is 10.2. The van der Waals surface area contributed by atoms with Crippen LogP contribution in [0, 0.1) is 0 Å². The van der Waals surface area contributed by atoms with Gasteiger partial charge in [-0.25, -0.2) is 4.39 Å². The van der Waals surface area contributed by atoms with E-state index in [1.807, 2.05) is 0 Å². The first-order valence-electron chi connectivity index (χ1n) is 4.60. The van der Waals surface area contributed by atoms with E-state index in [0.29, 0.717) is 6.92 Å². The van der Waals surface area contributed by atoms with Crippen LogP contribution < -0.4 is 0 Å². The fourth-order valence-corrected chi connectivity index (χ4v) is 1.46. The molecule has 0 aromatic rings. The van der Waals surface area contributed by atoms with Gasteiger partial charge in [-0.15, -0.1) is 0 Å². The first kappa shape index (κ1) is 19.3. The van der Waals surface area contributed by atoms with Crippen molar-refractivity contribution in [2.24, 2.45) is 0 Å². The van der Waals surface area contributed by atoms with E-state index in [4.69, 9.17) is 4.55 Å². The third kappa shape index (κ3) is 2.44. The largest absolute Gasteiger partial charge is 0.438 e. The van der Waals surface area contributed by atoms with Crippen molar-refractivity contribution in [1.29, 1.82) is 0 Å². The van der Waals surface area contributed by atoms with Gasteiger partial charge in [-0.1, -0.05) is 6.92 Å². The molecule has 0 aliphatic rings. The summed E-state index contributed by atoms with van der Waals surface area (Å²) >= 11 is 0. The highest BCUT2D eigenvalue weighted by atomic mass is 32.2. The maximum Gasteiger partial charge on any atom is 0.438 e. The lowest BCUT2D eigenvalue weighted by Crippen LogP contribution is -2.66. The lowest BCUT2D eigenvalue weighted by molar-refractivity contribution is -0.359. The highest BCUT2D eigenvalue weighted by molar-refractivity contribution is 7.87. The zero-order valence-electron chi connectivity index (χ0n) is 9.36. The van der Waals surface area contributed by atoms with Crippen LogP contribution in [0.3, 0.4) is 0 Å². The summed E-state index contributed by atoms with van der Waals surface area (Å²) in [4.78, 5) is 0. The van der Waals surface area contributed by atoms with Gasteiger partial charge < -0.3 is 0 Å². The predicted octanol–water partition coefficient (Wildman–Crippen LogP) is 3.12. The van der Waals surface area contributed by atoms with E-state index in [9.17, 15) is 47.9 Å². The van der Waals surface area contributed by atoms with E-state index < -0.39 is 45.7 Å². The van der Waals surface area contributed by atoms with Crippen molar-refractivity contribution >= 4 is 10.1 Å². The lowest BCUT2D eigenvalue weighted by Gasteiger charge is -2.36. The number of rotatable bonds is 6. The van der Waals surface area contributed by atoms with Gasteiger partial charge in [0.1, 0.15) is 0 Å². The molecule has 0 aromatic carbocycles. The Balaban J connectivity index is 6.07. The normalized spacial score (nSPS) is 17.1. The SMILES string of the molecule is CCC(F)C(F)(F)C(F)(F)C(F)(F)C(F)(F)S(=O)(=O)O. The van der Waals surface area contributed by atoms with Crippen LogP contribution in [0.2, 0.25) is 0 Å². The van der Waals surface area contributed by atoms with Crippen molar-refractivity contribution in [3.8, 4) is 0 Å². The first-order valence-corrected chi connectivity index (χ1v) is 6.04. The van der Waals surface area contributed by atoms with Gasteiger partial charge in [0.05, 0.1) is 0 Å². The van der Waals surface area contributed by atoms with E-state index in [1.54, 1.807) is 0 Å². The van der Waals surface area contributed by atoms with Gasteiger partial charge >= 0.3 is 33.1 Å². The summed E-state index contributed by atoms with van der Waals surface area (Å²) < 4.78 is 142. The summed E-state index contributed by atoms with van der Waals surface area (Å²) in [5.41, 5.74) is 0. The Bertz CT molecular complexity index is 458. The molecule has 20 heavy (non-hydrogen) atoms. The molecular formula is C7H7F9O3S. The second kappa shape index (κ2) is 4.93. The van der Waals surface area contributed by atoms with E-state index in [-0.39, 0.29) is 0 Å². The molecule has 0 bridgehead atoms. The van der Waals surface area contributed by atoms with Crippen LogP contribution in [-0.2, 0) is 10.1 Å². The summed E-state index contributed by atoms with van der Waals surface area (Å²) in [5.74, 6) is -20.6. The Morgan fingerprint density at radius 3 is 1.55 bits per heavy atom. The molecule has 0 spiro atoms. The molecule has 0 amide bonds. The molecule has 3 nitrogen and oxygen atoms in total. The molecule has 0 radical (unpaired) electrons. The lowest BCUT2D eigenvalue weighted by atomic mass is 9.99. The molecule has 1 N–H and O–H groups in total. The first-order chi connectivity index (χ1) is 8.48. The Kier molecular flexibility index (Phi) is 4.75. The molecule has 0 aliphatic heterocycles. The molecular weight excluding hydrogens is 335 g/mol. The fraction of sp³-hybridized carbons (Fsp3) is 1.00. The van der Waals surface area contributed by atoms with Crippen molar-refractivity contribution in [1.82, 2.24) is 0 Å². The Hall–Kier alpha value is -0.720. The Morgan fingerprint density at radius 2 is 1.30 bits per heavy atom. The van der Waals surface area contributed by atoms with Crippen LogP contribution in [0.5, 0.6) is 0 Å². The van der Waals surface area contributed by atoms with E-state index >= 15 is 0 Å². The molecule has 0 fully saturated rings. The summed E-state index contributed by atoms with van der Waals surface area (Å²) in [6.45, 7) is 0.535. The minimum atomic E-state index is -7.25. The second-order valence-corrected chi connectivity index (χ2v) is 5.10. The average molecular weight is 342 g/mol. The monoisotopic (exact) mass is 342 g/mol. The number of halogens is 9. The molecule has 1 unspecified atom stereocenters. The Labute approximate surface area is 106 Å². The Morgan fingerprint density at radius 1 is 0.950 bits per heavy atom. The van der Waals surface area contributed by atoms with Crippen molar-refractivity contribution in [3.05, 3.63) is 0 Å². The smallest absolute Gasteiger partial charge is 0.281 e. The standard InChI is InChI=1S/C7H7F9O3S/c1-2-3(8)4(9,10)5(11,12)6(13,14)7(15,16)20(17,18)19/h3H,2H2,1H3,(H,17,18,19). The highest BCUT2D eigenvalue weighted by Crippen LogP contribution is 2.55. The molecule has 0 heterocycles. The van der Waals surface area contributed by atoms with Crippen LogP contribution in [0.15, 0.2) is 0 Å². The van der Waals surface area contributed by atoms with Crippen molar-refractivity contribution in [3.63, 3.8) is 0 Å². The molecule has 1 atom stereocenters. The molecule has 122 valence electrons. The average Bonchev–Trinajstić information content (AvgIpc) is 2.25. The third-order valence-electron chi connectivity index (χ3n) is 2.25. The molecule has 13 heteroatoms. The molecule has 0 aromatic heterocycles. The van der Waals surface area contributed by atoms with Crippen molar-refractivity contribution in [2.45, 2.75) is 42.5 Å². The summed E-state index contributed by atoms with van der Waals surface area (Å²) in [5, 5.41) is -6.94. The quantitative estimate of drug-likeness (QED) is 0.596. The van der Waals surface area contributed by atoms with Gasteiger partial charge in [-0.05, 0) is 6.42 Å². The second-order valence-electron chi connectivity index (χ2n) is 3.64. The number of alkyl halides is 9. The third-order valence-corrected chi connectivity index (χ3v) is 3.16. The molecule has 0 aliphatic carbocycles. The summed E-state index contributed by atoms with van der Waals surface area (Å²) in [6.07, 6.45) is -5.38. The zero-order chi connectivity index (χ0) is 16.8. The molecule has 0 saturated carbocycles. The summed E-state index contributed by atoms with van der Waals surface area (Å²) in [6, 6.07) is 0. The summed E-state index contributed by atoms with van der Waals surface area (Å²) in [7, 11) is -7.16. The molecule has 0 rings (SSSR count). The van der Waals surface area contributed by atoms with Gasteiger partial charge in [0.15, 0.2) is 6.17 Å². The van der Waals surface area contributed by atoms with Gasteiger partial charge in [0.25, 0.3) is 0 Å². The van der Waals surface area contributed by atoms with E-state index in [2.05, 4.69) is 0 Å². The number of hydrogen-bond donors (Lipinski definition) is 1. The maximum atomic E-state index is 12.8. The van der Waals surface area contributed by atoms with Crippen LogP contribution in [0.1, 0.15) is 13.3 Å². The topological polar surface area (TPSA) is 54.4 Å². The van der Waals surface area contributed by atoms with Crippen molar-refractivity contribution < 1.29 is 52.5 Å². The van der Waals surface area contributed by atoms with Crippen LogP contribution in [-0.4, -0.2) is 42.2 Å².